The Balaban J connectivity index is 1.58. The van der Waals surface area contributed by atoms with Gasteiger partial charge in [-0.2, -0.15) is 0 Å². The summed E-state index contributed by atoms with van der Waals surface area (Å²) in [5, 5.41) is 10.6. The van der Waals surface area contributed by atoms with E-state index >= 15 is 0 Å². The molecule has 1 amide bonds. The fraction of sp³-hybridized carbons (Fsp3) is 0.393. The summed E-state index contributed by atoms with van der Waals surface area (Å²) in [6, 6.07) is 13.2. The second kappa shape index (κ2) is 11.2. The van der Waals surface area contributed by atoms with Crippen molar-refractivity contribution in [2.24, 2.45) is 0 Å². The molecule has 208 valence electrons. The minimum Gasteiger partial charge on any atom is -0.390 e. The van der Waals surface area contributed by atoms with E-state index in [0.29, 0.717) is 25.3 Å². The zero-order valence-corrected chi connectivity index (χ0v) is 24.3. The first-order valence-corrected chi connectivity index (χ1v) is 14.6. The van der Waals surface area contributed by atoms with Crippen molar-refractivity contribution in [2.45, 2.75) is 51.2 Å². The van der Waals surface area contributed by atoms with Gasteiger partial charge in [0.2, 0.25) is 5.95 Å². The van der Waals surface area contributed by atoms with E-state index in [4.69, 9.17) is 11.6 Å². The highest BCUT2D eigenvalue weighted by atomic mass is 35.5. The van der Waals surface area contributed by atoms with Crippen LogP contribution in [0.5, 0.6) is 0 Å². The molecule has 3 aromatic rings. The Morgan fingerprint density at radius 3 is 2.36 bits per heavy atom. The van der Waals surface area contributed by atoms with E-state index in [-0.39, 0.29) is 39.6 Å². The quantitative estimate of drug-likeness (QED) is 0.442. The minimum atomic E-state index is -4.14. The summed E-state index contributed by atoms with van der Waals surface area (Å²) in [7, 11) is -4.14. The van der Waals surface area contributed by atoms with E-state index in [1.807, 2.05) is 32.0 Å². The van der Waals surface area contributed by atoms with Crippen LogP contribution in [0.4, 0.5) is 5.95 Å². The summed E-state index contributed by atoms with van der Waals surface area (Å²) in [5.74, 6) is -0.520. The van der Waals surface area contributed by atoms with Crippen molar-refractivity contribution in [3.05, 3.63) is 70.4 Å². The van der Waals surface area contributed by atoms with Crippen molar-refractivity contribution < 1.29 is 18.3 Å². The third kappa shape index (κ3) is 6.75. The third-order valence-electron chi connectivity index (χ3n) is 6.79. The highest BCUT2D eigenvalue weighted by Crippen LogP contribution is 2.28. The van der Waals surface area contributed by atoms with Crippen molar-refractivity contribution >= 4 is 33.5 Å². The maximum absolute atomic E-state index is 13.3. The molecule has 11 heteroatoms. The molecule has 39 heavy (non-hydrogen) atoms. The largest absolute Gasteiger partial charge is 0.390 e. The smallest absolute Gasteiger partial charge is 0.264 e. The summed E-state index contributed by atoms with van der Waals surface area (Å²) < 4.78 is 29.0. The van der Waals surface area contributed by atoms with Crippen LogP contribution in [0.2, 0.25) is 5.15 Å². The first-order valence-electron chi connectivity index (χ1n) is 12.7. The number of carbonyl (C=O) groups excluding carboxylic acids is 1. The normalized spacial score (nSPS) is 17.1. The van der Waals surface area contributed by atoms with Crippen LogP contribution in [0.25, 0.3) is 11.3 Å². The number of amides is 1. The average Bonchev–Trinajstić information content (AvgIpc) is 3.04. The summed E-state index contributed by atoms with van der Waals surface area (Å²) in [4.78, 5) is 25.4. The lowest BCUT2D eigenvalue weighted by Crippen LogP contribution is -2.45. The Labute approximate surface area is 234 Å². The number of hydrogen-bond acceptors (Lipinski definition) is 7. The van der Waals surface area contributed by atoms with E-state index in [1.165, 1.54) is 18.2 Å². The van der Waals surface area contributed by atoms with Crippen molar-refractivity contribution in [1.82, 2.24) is 19.8 Å². The topological polar surface area (TPSA) is 116 Å². The summed E-state index contributed by atoms with van der Waals surface area (Å²) in [6.07, 6.45) is -0.713. The van der Waals surface area contributed by atoms with Crippen LogP contribution in [0.3, 0.4) is 0 Å². The predicted octanol–water partition coefficient (Wildman–Crippen LogP) is 4.13. The van der Waals surface area contributed by atoms with Gasteiger partial charge in [0, 0.05) is 48.9 Å². The molecule has 0 bridgehead atoms. The molecule has 1 saturated heterocycles. The van der Waals surface area contributed by atoms with Gasteiger partial charge in [-0.15, -0.1) is 0 Å². The standard InChI is InChI=1S/C28H34ClN5O4S/c1-18-8-6-9-19(2)25(18)23-15-24(29)31-27(30-23)32-39(37,38)22-11-7-10-20(14-22)26(36)33-12-13-34(28(3,4)5)17-21(35)16-33/h6-11,14-15,21,35H,12-13,16-17H2,1-5H3,(H,30,31,32)/t21-/m0/s1. The number of rotatable bonds is 5. The Hall–Kier alpha value is -3.05. The molecule has 1 aliphatic heterocycles. The van der Waals surface area contributed by atoms with Gasteiger partial charge >= 0.3 is 0 Å². The summed E-state index contributed by atoms with van der Waals surface area (Å²) >= 11 is 6.24. The maximum atomic E-state index is 13.3. The van der Waals surface area contributed by atoms with Crippen molar-refractivity contribution in [2.75, 3.05) is 30.9 Å². The number of aliphatic hydroxyl groups is 1. The molecule has 1 aromatic heterocycles. The molecule has 2 N–H and O–H groups in total. The third-order valence-corrected chi connectivity index (χ3v) is 8.31. The van der Waals surface area contributed by atoms with E-state index in [2.05, 4.69) is 40.4 Å². The number of nitrogens with one attached hydrogen (secondary N) is 1. The van der Waals surface area contributed by atoms with Gasteiger partial charge in [0.05, 0.1) is 16.7 Å². The molecule has 2 heterocycles. The lowest BCUT2D eigenvalue weighted by molar-refractivity contribution is 0.0621. The monoisotopic (exact) mass is 571 g/mol. The zero-order valence-electron chi connectivity index (χ0n) is 22.8. The second-order valence-electron chi connectivity index (χ2n) is 10.8. The molecule has 0 unspecified atom stereocenters. The number of carbonyl (C=O) groups is 1. The van der Waals surface area contributed by atoms with Gasteiger partial charge in [-0.25, -0.2) is 23.1 Å². The molecule has 9 nitrogen and oxygen atoms in total. The van der Waals surface area contributed by atoms with Gasteiger partial charge in [-0.05, 0) is 63.9 Å². The van der Waals surface area contributed by atoms with E-state index in [1.54, 1.807) is 17.0 Å². The van der Waals surface area contributed by atoms with Crippen LogP contribution in [0, 0.1) is 13.8 Å². The lowest BCUT2D eigenvalue weighted by atomic mass is 10.00. The number of anilines is 1. The second-order valence-corrected chi connectivity index (χ2v) is 12.9. The summed E-state index contributed by atoms with van der Waals surface area (Å²) in [6.45, 7) is 11.7. The molecule has 2 aromatic carbocycles. The Morgan fingerprint density at radius 1 is 1.03 bits per heavy atom. The fourth-order valence-corrected chi connectivity index (χ4v) is 5.92. The lowest BCUT2D eigenvalue weighted by Gasteiger charge is -2.35. The molecule has 1 fully saturated rings. The van der Waals surface area contributed by atoms with Crippen LogP contribution in [0.1, 0.15) is 42.3 Å². The first-order chi connectivity index (χ1) is 18.2. The van der Waals surface area contributed by atoms with Gasteiger partial charge < -0.3 is 10.0 Å². The fourth-order valence-electron chi connectivity index (χ4n) is 4.75. The number of aliphatic hydroxyl groups excluding tert-OH is 1. The molecule has 4 rings (SSSR count). The highest BCUT2D eigenvalue weighted by molar-refractivity contribution is 7.92. The number of β-amino-alcohol motifs (C(OH)–C–C–N with tert-alkyl or cyclic N) is 1. The van der Waals surface area contributed by atoms with Crippen molar-refractivity contribution in [3.8, 4) is 11.3 Å². The Kier molecular flexibility index (Phi) is 8.32. The Morgan fingerprint density at radius 2 is 1.69 bits per heavy atom. The van der Waals surface area contributed by atoms with Gasteiger partial charge in [-0.3, -0.25) is 9.69 Å². The number of halogens is 1. The van der Waals surface area contributed by atoms with Crippen LogP contribution in [0.15, 0.2) is 53.4 Å². The van der Waals surface area contributed by atoms with E-state index < -0.39 is 16.1 Å². The first kappa shape index (κ1) is 28.9. The molecular weight excluding hydrogens is 538 g/mol. The molecule has 1 atom stereocenters. The van der Waals surface area contributed by atoms with Crippen molar-refractivity contribution in [1.29, 1.82) is 0 Å². The van der Waals surface area contributed by atoms with E-state index in [9.17, 15) is 18.3 Å². The van der Waals surface area contributed by atoms with Crippen LogP contribution >= 0.6 is 11.6 Å². The van der Waals surface area contributed by atoms with Crippen LogP contribution in [-0.2, 0) is 10.0 Å². The Bertz CT molecular complexity index is 1470. The molecule has 1 aliphatic rings. The number of aryl methyl sites for hydroxylation is 2. The number of aromatic nitrogens is 2. The highest BCUT2D eigenvalue weighted by Gasteiger charge is 2.30. The number of benzene rings is 2. The number of sulfonamides is 1. The van der Waals surface area contributed by atoms with Crippen LogP contribution < -0.4 is 4.72 Å². The zero-order chi connectivity index (χ0) is 28.5. The summed E-state index contributed by atoms with van der Waals surface area (Å²) in [5.41, 5.74) is 3.33. The molecule has 0 aliphatic carbocycles. The minimum absolute atomic E-state index is 0.0910. The molecule has 0 saturated carbocycles. The number of hydrogen-bond donors (Lipinski definition) is 2. The van der Waals surface area contributed by atoms with Gasteiger partial charge in [0.25, 0.3) is 15.9 Å². The molecule has 0 radical (unpaired) electrons. The maximum Gasteiger partial charge on any atom is 0.264 e. The van der Waals surface area contributed by atoms with Gasteiger partial charge in [-0.1, -0.05) is 35.9 Å². The van der Waals surface area contributed by atoms with Gasteiger partial charge in [0.1, 0.15) is 5.15 Å². The number of nitrogens with zero attached hydrogens (tertiary/aromatic N) is 4. The van der Waals surface area contributed by atoms with E-state index in [0.717, 1.165) is 16.7 Å². The molecule has 0 spiro atoms. The van der Waals surface area contributed by atoms with Gasteiger partial charge in [0.15, 0.2) is 0 Å². The average molecular weight is 572 g/mol. The SMILES string of the molecule is Cc1cccc(C)c1-c1cc(Cl)nc(NS(=O)(=O)c2cccc(C(=O)N3CCN(C(C)(C)C)C[C@@H](O)C3)c2)n1. The predicted molar refractivity (Wildman–Crippen MR) is 152 cm³/mol. The van der Waals surface area contributed by atoms with Crippen LogP contribution in [-0.4, -0.2) is 77.0 Å². The molecular formula is C28H34ClN5O4S. The van der Waals surface area contributed by atoms with Crippen molar-refractivity contribution in [3.63, 3.8) is 0 Å².